The van der Waals surface area contributed by atoms with E-state index in [2.05, 4.69) is 4.98 Å². The summed E-state index contributed by atoms with van der Waals surface area (Å²) >= 11 is 0. The van der Waals surface area contributed by atoms with E-state index in [1.54, 1.807) is 35.7 Å². The van der Waals surface area contributed by atoms with Crippen molar-refractivity contribution >= 4 is 28.8 Å². The predicted molar refractivity (Wildman–Crippen MR) is 127 cm³/mol. The average Bonchev–Trinajstić information content (AvgIpc) is 3.33. The van der Waals surface area contributed by atoms with Crippen molar-refractivity contribution in [2.24, 2.45) is 0 Å². The van der Waals surface area contributed by atoms with Gasteiger partial charge in [-0.25, -0.2) is 4.98 Å². The summed E-state index contributed by atoms with van der Waals surface area (Å²) in [6, 6.07) is 19.2. The van der Waals surface area contributed by atoms with Gasteiger partial charge in [0.25, 0.3) is 17.4 Å². The molecule has 1 aliphatic heterocycles. The number of fused-ring (bicyclic) bond motifs is 1. The maximum absolute atomic E-state index is 13.3. The number of pyridine rings is 1. The lowest BCUT2D eigenvalue weighted by Crippen LogP contribution is -2.29. The van der Waals surface area contributed by atoms with Crippen LogP contribution in [0.5, 0.6) is 0 Å². The highest BCUT2D eigenvalue weighted by Crippen LogP contribution is 2.41. The normalized spacial score (nSPS) is 17.3. The Morgan fingerprint density at radius 1 is 1.03 bits per heavy atom. The van der Waals surface area contributed by atoms with Gasteiger partial charge < -0.3 is 10.0 Å². The number of nitro groups is 1. The third-order valence-electron chi connectivity index (χ3n) is 6.08. The number of carbonyl (C=O) groups excluding carboxylic acids is 2. The molecular weight excluding hydrogens is 448 g/mol. The van der Waals surface area contributed by atoms with Gasteiger partial charge in [-0.1, -0.05) is 36.4 Å². The molecule has 1 atom stereocenters. The Labute approximate surface area is 199 Å². The van der Waals surface area contributed by atoms with Gasteiger partial charge in [0, 0.05) is 24.9 Å². The molecule has 1 amide bonds. The third kappa shape index (κ3) is 3.72. The molecule has 1 saturated heterocycles. The maximum Gasteiger partial charge on any atom is 0.295 e. The summed E-state index contributed by atoms with van der Waals surface area (Å²) < 4.78 is 1.65. The zero-order valence-corrected chi connectivity index (χ0v) is 18.7. The van der Waals surface area contributed by atoms with E-state index in [4.69, 9.17) is 0 Å². The highest BCUT2D eigenvalue weighted by molar-refractivity contribution is 6.46. The van der Waals surface area contributed by atoms with Crippen LogP contribution in [0.4, 0.5) is 5.69 Å². The molecule has 2 aromatic carbocycles. The number of hydrogen-bond acceptors (Lipinski definition) is 6. The smallest absolute Gasteiger partial charge is 0.295 e. The first-order valence-corrected chi connectivity index (χ1v) is 10.9. The first-order chi connectivity index (χ1) is 16.9. The van der Waals surface area contributed by atoms with Crippen LogP contribution in [0, 0.1) is 17.0 Å². The van der Waals surface area contributed by atoms with Crippen molar-refractivity contribution < 1.29 is 19.6 Å². The van der Waals surface area contributed by atoms with Gasteiger partial charge in [0.05, 0.1) is 22.2 Å². The van der Waals surface area contributed by atoms with E-state index >= 15 is 0 Å². The summed E-state index contributed by atoms with van der Waals surface area (Å²) in [5.74, 6) is -1.93. The maximum atomic E-state index is 13.3. The summed E-state index contributed by atoms with van der Waals surface area (Å²) in [4.78, 5) is 43.0. The summed E-state index contributed by atoms with van der Waals surface area (Å²) in [5, 5.41) is 22.6. The third-order valence-corrected chi connectivity index (χ3v) is 6.08. The number of carbonyl (C=O) groups is 2. The van der Waals surface area contributed by atoms with Crippen molar-refractivity contribution in [3.8, 4) is 0 Å². The first-order valence-electron chi connectivity index (χ1n) is 10.9. The van der Waals surface area contributed by atoms with E-state index in [1.807, 2.05) is 30.3 Å². The molecule has 35 heavy (non-hydrogen) atoms. The molecule has 0 radical (unpaired) electrons. The number of nitrogens with zero attached hydrogens (tertiary/aromatic N) is 4. The number of ketones is 1. The Morgan fingerprint density at radius 2 is 1.71 bits per heavy atom. The molecular formula is C26H20N4O5. The number of imidazole rings is 1. The Bertz CT molecular complexity index is 1510. The van der Waals surface area contributed by atoms with Crippen LogP contribution >= 0.6 is 0 Å². The topological polar surface area (TPSA) is 118 Å². The number of likely N-dealkylation sites (tertiary alicyclic amines) is 1. The monoisotopic (exact) mass is 468 g/mol. The quantitative estimate of drug-likeness (QED) is 0.154. The fourth-order valence-electron chi connectivity index (χ4n) is 4.47. The van der Waals surface area contributed by atoms with Crippen LogP contribution in [0.25, 0.3) is 11.4 Å². The lowest BCUT2D eigenvalue weighted by atomic mass is 9.96. The molecule has 5 rings (SSSR count). The van der Waals surface area contributed by atoms with Gasteiger partial charge >= 0.3 is 0 Å². The number of hydrogen-bond donors (Lipinski definition) is 1. The largest absolute Gasteiger partial charge is 0.505 e. The van der Waals surface area contributed by atoms with Crippen molar-refractivity contribution in [3.63, 3.8) is 0 Å². The Hall–Kier alpha value is -4.79. The number of aliphatic hydroxyl groups excluding tert-OH is 1. The van der Waals surface area contributed by atoms with E-state index in [0.29, 0.717) is 22.6 Å². The number of amides is 1. The highest BCUT2D eigenvalue weighted by Gasteiger charge is 2.46. The molecule has 1 N–H and O–H groups in total. The minimum Gasteiger partial charge on any atom is -0.505 e. The standard InChI is InChI=1S/C26H20N4O5/c1-16-22(28-14-6-5-9-20(28)27-16)24(31)21-23(18-10-12-19(13-11-18)30(34)35)29(26(33)25(21)32)15-17-7-3-2-4-8-17/h2-14,23,31H,15H2,1H3. The molecule has 9 nitrogen and oxygen atoms in total. The van der Waals surface area contributed by atoms with Crippen LogP contribution in [0.3, 0.4) is 0 Å². The number of benzene rings is 2. The zero-order chi connectivity index (χ0) is 24.7. The van der Waals surface area contributed by atoms with Crippen molar-refractivity contribution in [2.45, 2.75) is 19.5 Å². The first kappa shape index (κ1) is 22.0. The van der Waals surface area contributed by atoms with Crippen LogP contribution in [-0.4, -0.2) is 36.0 Å². The van der Waals surface area contributed by atoms with Crippen LogP contribution in [0.15, 0.2) is 84.6 Å². The average molecular weight is 468 g/mol. The van der Waals surface area contributed by atoms with Gasteiger partial charge in [0.2, 0.25) is 0 Å². The number of Topliss-reactive ketones (excluding diaryl/α,β-unsaturated/α-hetero) is 1. The molecule has 9 heteroatoms. The van der Waals surface area contributed by atoms with Crippen LogP contribution in [0.1, 0.15) is 28.6 Å². The van der Waals surface area contributed by atoms with Gasteiger partial charge in [0.15, 0.2) is 5.76 Å². The molecule has 0 saturated carbocycles. The number of nitro benzene ring substituents is 1. The SMILES string of the molecule is Cc1nc2ccccn2c1C(O)=C1C(=O)C(=O)N(Cc2ccccc2)C1c1ccc([N+](=O)[O-])cc1. The zero-order valence-electron chi connectivity index (χ0n) is 18.7. The van der Waals surface area contributed by atoms with Crippen molar-refractivity contribution in [3.05, 3.63) is 117 Å². The predicted octanol–water partition coefficient (Wildman–Crippen LogP) is 4.17. The van der Waals surface area contributed by atoms with Gasteiger partial charge in [-0.3, -0.25) is 24.1 Å². The molecule has 4 aromatic rings. The highest BCUT2D eigenvalue weighted by atomic mass is 16.6. The minimum atomic E-state index is -0.940. The van der Waals surface area contributed by atoms with E-state index in [-0.39, 0.29) is 23.6 Å². The Balaban J connectivity index is 1.71. The molecule has 0 spiro atoms. The number of aliphatic hydroxyl groups is 1. The summed E-state index contributed by atoms with van der Waals surface area (Å²) in [6.45, 7) is 1.83. The molecule has 3 heterocycles. The lowest BCUT2D eigenvalue weighted by molar-refractivity contribution is -0.384. The van der Waals surface area contributed by atoms with Crippen molar-refractivity contribution in [1.29, 1.82) is 0 Å². The van der Waals surface area contributed by atoms with Crippen LogP contribution < -0.4 is 0 Å². The Kier molecular flexibility index (Phi) is 5.37. The fraction of sp³-hybridized carbons (Fsp3) is 0.115. The van der Waals surface area contributed by atoms with Gasteiger partial charge in [-0.05, 0) is 42.3 Å². The minimum absolute atomic E-state index is 0.0893. The molecule has 174 valence electrons. The number of aryl methyl sites for hydroxylation is 1. The molecule has 1 fully saturated rings. The fourth-order valence-corrected chi connectivity index (χ4v) is 4.47. The number of aromatic nitrogens is 2. The van der Waals surface area contributed by atoms with E-state index in [1.165, 1.54) is 29.2 Å². The molecule has 1 unspecified atom stereocenters. The van der Waals surface area contributed by atoms with Crippen molar-refractivity contribution in [1.82, 2.24) is 14.3 Å². The lowest BCUT2D eigenvalue weighted by Gasteiger charge is -2.25. The summed E-state index contributed by atoms with van der Waals surface area (Å²) in [7, 11) is 0. The Morgan fingerprint density at radius 3 is 2.40 bits per heavy atom. The van der Waals surface area contributed by atoms with E-state index in [0.717, 1.165) is 5.56 Å². The van der Waals surface area contributed by atoms with Crippen LogP contribution in [-0.2, 0) is 16.1 Å². The van der Waals surface area contributed by atoms with Crippen LogP contribution in [0.2, 0.25) is 0 Å². The van der Waals surface area contributed by atoms with E-state index in [9.17, 15) is 24.8 Å². The molecule has 0 aliphatic carbocycles. The second-order valence-corrected chi connectivity index (χ2v) is 8.24. The number of rotatable bonds is 5. The molecule has 2 aromatic heterocycles. The second-order valence-electron chi connectivity index (χ2n) is 8.24. The van der Waals surface area contributed by atoms with Gasteiger partial charge in [-0.2, -0.15) is 0 Å². The van der Waals surface area contributed by atoms with E-state index < -0.39 is 22.7 Å². The molecule has 1 aliphatic rings. The summed E-state index contributed by atoms with van der Waals surface area (Å²) in [6.07, 6.45) is 1.71. The van der Waals surface area contributed by atoms with Gasteiger partial charge in [0.1, 0.15) is 11.3 Å². The number of non-ortho nitro benzene ring substituents is 1. The molecule has 0 bridgehead atoms. The second kappa shape index (κ2) is 8.53. The van der Waals surface area contributed by atoms with Gasteiger partial charge in [-0.15, -0.1) is 0 Å². The van der Waals surface area contributed by atoms with Crippen molar-refractivity contribution in [2.75, 3.05) is 0 Å². The summed E-state index contributed by atoms with van der Waals surface area (Å²) in [5.41, 5.74) is 2.44.